The van der Waals surface area contributed by atoms with Crippen molar-refractivity contribution in [2.24, 2.45) is 0 Å². The fourth-order valence-corrected chi connectivity index (χ4v) is 3.87. The number of rotatable bonds is 10. The molecule has 0 saturated heterocycles. The van der Waals surface area contributed by atoms with E-state index in [0.717, 1.165) is 4.88 Å². The van der Waals surface area contributed by atoms with Crippen LogP contribution in [0.5, 0.6) is 0 Å². The molecule has 0 saturated carbocycles. The lowest BCUT2D eigenvalue weighted by atomic mass is 10.1. The number of thiophene rings is 1. The number of carbonyl (C=O) groups is 3. The van der Waals surface area contributed by atoms with Crippen LogP contribution in [0.3, 0.4) is 0 Å². The van der Waals surface area contributed by atoms with Crippen LogP contribution < -0.4 is 10.6 Å². The maximum absolute atomic E-state index is 12.3. The fraction of sp³-hybridized carbons (Fsp3) is 0.208. The molecular formula is C24H23N5O4S. The largest absolute Gasteiger partial charge is 0.440 e. The molecule has 0 aliphatic carbocycles. The van der Waals surface area contributed by atoms with Crippen LogP contribution in [-0.2, 0) is 22.7 Å². The van der Waals surface area contributed by atoms with E-state index in [1.165, 1.54) is 22.2 Å². The number of oxazole rings is 1. The Hall–Kier alpha value is -4.05. The smallest absolute Gasteiger partial charge is 0.242 e. The van der Waals surface area contributed by atoms with Gasteiger partial charge >= 0.3 is 0 Å². The summed E-state index contributed by atoms with van der Waals surface area (Å²) in [5.41, 5.74) is 1.70. The van der Waals surface area contributed by atoms with E-state index in [4.69, 9.17) is 4.42 Å². The first kappa shape index (κ1) is 23.1. The van der Waals surface area contributed by atoms with Crippen LogP contribution in [0.4, 0.5) is 5.69 Å². The van der Waals surface area contributed by atoms with Gasteiger partial charge in [-0.15, -0.1) is 11.3 Å². The van der Waals surface area contributed by atoms with Gasteiger partial charge in [-0.05, 0) is 18.4 Å². The second-order valence-corrected chi connectivity index (χ2v) is 8.49. The number of benzene rings is 1. The maximum atomic E-state index is 12.3. The van der Waals surface area contributed by atoms with E-state index in [0.29, 0.717) is 28.6 Å². The van der Waals surface area contributed by atoms with Crippen molar-refractivity contribution < 1.29 is 18.8 Å². The maximum Gasteiger partial charge on any atom is 0.242 e. The molecule has 0 atom stereocenters. The molecule has 4 aromatic rings. The average Bonchev–Trinajstić information content (AvgIpc) is 3.59. The highest BCUT2D eigenvalue weighted by atomic mass is 32.1. The molecule has 0 unspecified atom stereocenters. The van der Waals surface area contributed by atoms with E-state index >= 15 is 0 Å². The molecule has 0 fully saturated rings. The molecule has 10 heteroatoms. The minimum atomic E-state index is -0.295. The lowest BCUT2D eigenvalue weighted by Gasteiger charge is -2.04. The van der Waals surface area contributed by atoms with Crippen molar-refractivity contribution in [3.63, 3.8) is 0 Å². The van der Waals surface area contributed by atoms with Crippen LogP contribution in [0.25, 0.3) is 10.8 Å². The predicted molar refractivity (Wildman–Crippen MR) is 127 cm³/mol. The van der Waals surface area contributed by atoms with E-state index < -0.39 is 0 Å². The van der Waals surface area contributed by atoms with Gasteiger partial charge in [0.15, 0.2) is 5.78 Å². The lowest BCUT2D eigenvalue weighted by Crippen LogP contribution is -2.27. The zero-order valence-corrected chi connectivity index (χ0v) is 19.3. The van der Waals surface area contributed by atoms with Gasteiger partial charge in [-0.1, -0.05) is 36.4 Å². The molecule has 0 radical (unpaired) electrons. The monoisotopic (exact) mass is 477 g/mol. The number of nitrogens with one attached hydrogen (secondary N) is 2. The van der Waals surface area contributed by atoms with E-state index in [1.54, 1.807) is 30.5 Å². The summed E-state index contributed by atoms with van der Waals surface area (Å²) in [7, 11) is 0. The van der Waals surface area contributed by atoms with Crippen molar-refractivity contribution >= 4 is 34.6 Å². The Morgan fingerprint density at radius 3 is 2.65 bits per heavy atom. The van der Waals surface area contributed by atoms with Gasteiger partial charge in [0.05, 0.1) is 23.3 Å². The quantitative estimate of drug-likeness (QED) is 0.335. The van der Waals surface area contributed by atoms with Crippen LogP contribution in [0, 0.1) is 6.92 Å². The third-order valence-electron chi connectivity index (χ3n) is 4.98. The number of hydrogen-bond acceptors (Lipinski definition) is 7. The summed E-state index contributed by atoms with van der Waals surface area (Å²) < 4.78 is 7.10. The summed E-state index contributed by atoms with van der Waals surface area (Å²) in [5, 5.41) is 11.5. The van der Waals surface area contributed by atoms with Crippen molar-refractivity contribution in [3.8, 4) is 10.8 Å². The van der Waals surface area contributed by atoms with Crippen LogP contribution in [0.15, 0.2) is 64.7 Å². The summed E-state index contributed by atoms with van der Waals surface area (Å²) in [6.45, 7) is 2.03. The van der Waals surface area contributed by atoms with E-state index in [1.807, 2.05) is 30.5 Å². The van der Waals surface area contributed by atoms with Crippen molar-refractivity contribution in [1.29, 1.82) is 0 Å². The molecule has 4 rings (SSSR count). The Kier molecular flexibility index (Phi) is 7.28. The van der Waals surface area contributed by atoms with Gasteiger partial charge in [-0.2, -0.15) is 5.10 Å². The highest BCUT2D eigenvalue weighted by molar-refractivity contribution is 7.13. The third kappa shape index (κ3) is 6.04. The highest BCUT2D eigenvalue weighted by Crippen LogP contribution is 2.25. The first-order valence-corrected chi connectivity index (χ1v) is 11.5. The standard InChI is InChI=1S/C24H23N5O4S/c1-16-19(28-24(33-16)21-8-5-11-34-21)13-25-23(32)15-29-14-18(12-26-29)27-22(31)10-9-20(30)17-6-3-2-4-7-17/h2-8,11-12,14H,9-10,13,15H2,1H3,(H,25,32)(H,27,31). The molecule has 2 N–H and O–H groups in total. The van der Waals surface area contributed by atoms with E-state index in [2.05, 4.69) is 20.7 Å². The Bertz CT molecular complexity index is 1280. The van der Waals surface area contributed by atoms with Crippen molar-refractivity contribution in [1.82, 2.24) is 20.1 Å². The van der Waals surface area contributed by atoms with Crippen LogP contribution in [-0.4, -0.2) is 32.4 Å². The Morgan fingerprint density at radius 2 is 1.88 bits per heavy atom. The summed E-state index contributed by atoms with van der Waals surface area (Å²) in [5.74, 6) is 0.548. The van der Waals surface area contributed by atoms with Crippen molar-refractivity contribution in [2.75, 3.05) is 5.32 Å². The van der Waals surface area contributed by atoms with E-state index in [9.17, 15) is 14.4 Å². The van der Waals surface area contributed by atoms with E-state index in [-0.39, 0.29) is 43.5 Å². The SMILES string of the molecule is Cc1oc(-c2cccs2)nc1CNC(=O)Cn1cc(NC(=O)CCC(=O)c2ccccc2)cn1. The Labute approximate surface area is 199 Å². The van der Waals surface area contributed by atoms with Crippen molar-refractivity contribution in [2.45, 2.75) is 32.9 Å². The molecular weight excluding hydrogens is 454 g/mol. The topological polar surface area (TPSA) is 119 Å². The first-order chi connectivity index (χ1) is 16.5. The number of anilines is 1. The molecule has 174 valence electrons. The summed E-state index contributed by atoms with van der Waals surface area (Å²) in [6, 6.07) is 12.7. The highest BCUT2D eigenvalue weighted by Gasteiger charge is 2.14. The molecule has 2 amide bonds. The molecule has 0 aliphatic rings. The van der Waals surface area contributed by atoms with Gasteiger partial charge < -0.3 is 15.1 Å². The molecule has 9 nitrogen and oxygen atoms in total. The molecule has 3 aromatic heterocycles. The molecule has 0 spiro atoms. The number of Topliss-reactive ketones (excluding diaryl/α,β-unsaturated/α-hetero) is 1. The molecule has 3 heterocycles. The van der Waals surface area contributed by atoms with Gasteiger partial charge in [-0.3, -0.25) is 19.1 Å². The number of ketones is 1. The molecule has 34 heavy (non-hydrogen) atoms. The van der Waals surface area contributed by atoms with Crippen LogP contribution in [0.1, 0.15) is 34.7 Å². The summed E-state index contributed by atoms with van der Waals surface area (Å²) in [4.78, 5) is 42.0. The summed E-state index contributed by atoms with van der Waals surface area (Å²) in [6.07, 6.45) is 3.19. The van der Waals surface area contributed by atoms with Gasteiger partial charge in [0.2, 0.25) is 17.7 Å². The number of aromatic nitrogens is 3. The molecule has 1 aromatic carbocycles. The van der Waals surface area contributed by atoms with Crippen molar-refractivity contribution in [3.05, 3.63) is 77.3 Å². The predicted octanol–water partition coefficient (Wildman–Crippen LogP) is 3.83. The normalized spacial score (nSPS) is 10.7. The number of aryl methyl sites for hydroxylation is 1. The minimum Gasteiger partial charge on any atom is -0.440 e. The second-order valence-electron chi connectivity index (χ2n) is 7.54. The fourth-order valence-electron chi connectivity index (χ4n) is 3.22. The zero-order valence-electron chi connectivity index (χ0n) is 18.5. The Morgan fingerprint density at radius 1 is 1.06 bits per heavy atom. The summed E-state index contributed by atoms with van der Waals surface area (Å²) >= 11 is 1.53. The van der Waals surface area contributed by atoms with Crippen LogP contribution >= 0.6 is 11.3 Å². The minimum absolute atomic E-state index is 0.0168. The van der Waals surface area contributed by atoms with Gasteiger partial charge in [-0.25, -0.2) is 4.98 Å². The zero-order chi connectivity index (χ0) is 23.9. The second kappa shape index (κ2) is 10.7. The third-order valence-corrected chi connectivity index (χ3v) is 5.83. The first-order valence-electron chi connectivity index (χ1n) is 10.7. The lowest BCUT2D eigenvalue weighted by molar-refractivity contribution is -0.122. The number of amides is 2. The van der Waals surface area contributed by atoms with Gasteiger partial charge in [0, 0.05) is 24.6 Å². The molecule has 0 aliphatic heterocycles. The number of carbonyl (C=O) groups excluding carboxylic acids is 3. The van der Waals surface area contributed by atoms with Crippen LogP contribution in [0.2, 0.25) is 0 Å². The number of hydrogen-bond donors (Lipinski definition) is 2. The van der Waals surface area contributed by atoms with Gasteiger partial charge in [0.25, 0.3) is 0 Å². The molecule has 0 bridgehead atoms. The van der Waals surface area contributed by atoms with Gasteiger partial charge in [0.1, 0.15) is 18.0 Å². The average molecular weight is 478 g/mol. The Balaban J connectivity index is 1.22. The number of nitrogens with zero attached hydrogens (tertiary/aromatic N) is 3.